The molecule has 4 nitrogen and oxygen atoms in total. The summed E-state index contributed by atoms with van der Waals surface area (Å²) in [6, 6.07) is 4.26. The fourth-order valence-corrected chi connectivity index (χ4v) is 1.72. The van der Waals surface area contributed by atoms with Gasteiger partial charge < -0.3 is 15.4 Å². The number of nitrogens with zero attached hydrogens (tertiary/aromatic N) is 1. The number of rotatable bonds is 6. The normalized spacial score (nSPS) is 11.7. The standard InChI is InChI=1S/C13H19NO3/c1-2-3-4-5-6-12(14-17)11-8-7-10(15)9-13(11)16/h7-9,15-17H,2-6H2,1H3/b14-12+. The van der Waals surface area contributed by atoms with Gasteiger partial charge in [-0.1, -0.05) is 31.3 Å². The quantitative estimate of drug-likeness (QED) is 0.308. The highest BCUT2D eigenvalue weighted by atomic mass is 16.4. The Hall–Kier alpha value is -1.71. The minimum atomic E-state index is -0.0618. The SMILES string of the molecule is CCCCCC/C(=N\O)c1ccc(O)cc1O. The number of hydrogen-bond donors (Lipinski definition) is 3. The summed E-state index contributed by atoms with van der Waals surface area (Å²) in [5.74, 6) is -0.0668. The second kappa shape index (κ2) is 6.78. The van der Waals surface area contributed by atoms with Crippen LogP contribution in [0.1, 0.15) is 44.6 Å². The summed E-state index contributed by atoms with van der Waals surface area (Å²) in [7, 11) is 0. The Kier molecular flexibility index (Phi) is 5.33. The van der Waals surface area contributed by atoms with Crippen LogP contribution >= 0.6 is 0 Å². The Balaban J connectivity index is 2.67. The lowest BCUT2D eigenvalue weighted by molar-refractivity contribution is 0.317. The van der Waals surface area contributed by atoms with Crippen LogP contribution in [0.15, 0.2) is 23.4 Å². The Morgan fingerprint density at radius 1 is 1.18 bits per heavy atom. The zero-order valence-corrected chi connectivity index (χ0v) is 10.1. The van der Waals surface area contributed by atoms with Gasteiger partial charge in [-0.2, -0.15) is 0 Å². The van der Waals surface area contributed by atoms with E-state index in [1.165, 1.54) is 12.1 Å². The van der Waals surface area contributed by atoms with Gasteiger partial charge in [0.25, 0.3) is 0 Å². The summed E-state index contributed by atoms with van der Waals surface area (Å²) in [5.41, 5.74) is 0.931. The van der Waals surface area contributed by atoms with Crippen molar-refractivity contribution >= 4 is 5.71 Å². The van der Waals surface area contributed by atoms with Crippen molar-refractivity contribution in [1.29, 1.82) is 0 Å². The first-order chi connectivity index (χ1) is 8.19. The van der Waals surface area contributed by atoms with E-state index in [-0.39, 0.29) is 11.5 Å². The van der Waals surface area contributed by atoms with Crippen LogP contribution in [-0.4, -0.2) is 21.1 Å². The Labute approximate surface area is 101 Å². The van der Waals surface area contributed by atoms with E-state index in [1.807, 2.05) is 0 Å². The molecular formula is C13H19NO3. The first-order valence-electron chi connectivity index (χ1n) is 5.92. The van der Waals surface area contributed by atoms with Gasteiger partial charge in [-0.15, -0.1) is 0 Å². The number of phenolic OH excluding ortho intramolecular Hbond substituents is 2. The van der Waals surface area contributed by atoms with E-state index in [2.05, 4.69) is 12.1 Å². The molecular weight excluding hydrogens is 218 g/mol. The van der Waals surface area contributed by atoms with E-state index in [0.717, 1.165) is 25.7 Å². The van der Waals surface area contributed by atoms with Gasteiger partial charge in [-0.3, -0.25) is 0 Å². The summed E-state index contributed by atoms with van der Waals surface area (Å²) >= 11 is 0. The molecule has 94 valence electrons. The third-order valence-corrected chi connectivity index (χ3v) is 2.68. The van der Waals surface area contributed by atoms with E-state index in [4.69, 9.17) is 5.21 Å². The third-order valence-electron chi connectivity index (χ3n) is 2.68. The molecule has 0 aromatic heterocycles. The van der Waals surface area contributed by atoms with Crippen molar-refractivity contribution in [2.45, 2.75) is 39.0 Å². The molecule has 0 aliphatic heterocycles. The highest BCUT2D eigenvalue weighted by Gasteiger charge is 2.10. The molecule has 0 heterocycles. The maximum Gasteiger partial charge on any atom is 0.128 e. The first-order valence-corrected chi connectivity index (χ1v) is 5.92. The highest BCUT2D eigenvalue weighted by Crippen LogP contribution is 2.24. The molecule has 0 aliphatic carbocycles. The Morgan fingerprint density at radius 3 is 2.53 bits per heavy atom. The van der Waals surface area contributed by atoms with Crippen LogP contribution < -0.4 is 0 Å². The largest absolute Gasteiger partial charge is 0.508 e. The average Bonchev–Trinajstić information content (AvgIpc) is 2.31. The number of hydrogen-bond acceptors (Lipinski definition) is 4. The second-order valence-corrected chi connectivity index (χ2v) is 4.06. The van der Waals surface area contributed by atoms with Crippen molar-refractivity contribution in [3.63, 3.8) is 0 Å². The van der Waals surface area contributed by atoms with E-state index < -0.39 is 0 Å². The van der Waals surface area contributed by atoms with Crippen molar-refractivity contribution in [2.24, 2.45) is 5.16 Å². The molecule has 0 radical (unpaired) electrons. The van der Waals surface area contributed by atoms with Gasteiger partial charge in [-0.25, -0.2) is 0 Å². The monoisotopic (exact) mass is 237 g/mol. The minimum absolute atomic E-state index is 0.00507. The smallest absolute Gasteiger partial charge is 0.128 e. The summed E-state index contributed by atoms with van der Waals surface area (Å²) in [6.45, 7) is 2.13. The molecule has 1 aromatic carbocycles. The van der Waals surface area contributed by atoms with Gasteiger partial charge in [0.15, 0.2) is 0 Å². The van der Waals surface area contributed by atoms with Crippen LogP contribution in [0.4, 0.5) is 0 Å². The fraction of sp³-hybridized carbons (Fsp3) is 0.462. The third kappa shape index (κ3) is 3.98. The van der Waals surface area contributed by atoms with E-state index >= 15 is 0 Å². The molecule has 0 fully saturated rings. The van der Waals surface area contributed by atoms with Crippen LogP contribution in [0.3, 0.4) is 0 Å². The Morgan fingerprint density at radius 2 is 1.94 bits per heavy atom. The molecule has 1 aromatic rings. The Bertz CT molecular complexity index is 388. The lowest BCUT2D eigenvalue weighted by Crippen LogP contribution is -2.01. The lowest BCUT2D eigenvalue weighted by Gasteiger charge is -2.07. The zero-order chi connectivity index (χ0) is 12.7. The van der Waals surface area contributed by atoms with Gasteiger partial charge in [0.1, 0.15) is 11.5 Å². The molecule has 4 heteroatoms. The molecule has 0 atom stereocenters. The molecule has 0 amide bonds. The van der Waals surface area contributed by atoms with Crippen LogP contribution in [0, 0.1) is 0 Å². The molecule has 1 rings (SSSR count). The second-order valence-electron chi connectivity index (χ2n) is 4.06. The molecule has 17 heavy (non-hydrogen) atoms. The lowest BCUT2D eigenvalue weighted by atomic mass is 10.0. The van der Waals surface area contributed by atoms with Crippen LogP contribution in [0.25, 0.3) is 0 Å². The van der Waals surface area contributed by atoms with Crippen molar-refractivity contribution in [2.75, 3.05) is 0 Å². The van der Waals surface area contributed by atoms with Crippen molar-refractivity contribution in [1.82, 2.24) is 0 Å². The van der Waals surface area contributed by atoms with Gasteiger partial charge >= 0.3 is 0 Å². The number of aromatic hydroxyl groups is 2. The highest BCUT2D eigenvalue weighted by molar-refractivity contribution is 6.02. The van der Waals surface area contributed by atoms with Crippen LogP contribution in [0.5, 0.6) is 11.5 Å². The molecule has 0 aliphatic rings. The van der Waals surface area contributed by atoms with Crippen molar-refractivity contribution in [3.8, 4) is 11.5 Å². The molecule has 0 spiro atoms. The topological polar surface area (TPSA) is 73.1 Å². The number of unbranched alkanes of at least 4 members (excludes halogenated alkanes) is 3. The fourth-order valence-electron chi connectivity index (χ4n) is 1.72. The van der Waals surface area contributed by atoms with Gasteiger partial charge in [0.05, 0.1) is 5.71 Å². The maximum absolute atomic E-state index is 9.64. The number of benzene rings is 1. The predicted molar refractivity (Wildman–Crippen MR) is 66.9 cm³/mol. The molecule has 0 saturated heterocycles. The minimum Gasteiger partial charge on any atom is -0.508 e. The summed E-state index contributed by atoms with van der Waals surface area (Å²) < 4.78 is 0. The number of oxime groups is 1. The maximum atomic E-state index is 9.64. The van der Waals surface area contributed by atoms with Crippen molar-refractivity contribution in [3.05, 3.63) is 23.8 Å². The molecule has 3 N–H and O–H groups in total. The summed E-state index contributed by atoms with van der Waals surface area (Å²) in [6.07, 6.45) is 4.92. The molecule has 0 bridgehead atoms. The average molecular weight is 237 g/mol. The summed E-state index contributed by atoms with van der Waals surface area (Å²) in [4.78, 5) is 0. The zero-order valence-electron chi connectivity index (χ0n) is 10.1. The van der Waals surface area contributed by atoms with E-state index in [9.17, 15) is 10.2 Å². The van der Waals surface area contributed by atoms with Crippen LogP contribution in [0.2, 0.25) is 0 Å². The molecule has 0 saturated carbocycles. The van der Waals surface area contributed by atoms with E-state index in [0.29, 0.717) is 17.7 Å². The van der Waals surface area contributed by atoms with Gasteiger partial charge in [0, 0.05) is 11.6 Å². The number of phenols is 2. The van der Waals surface area contributed by atoms with Gasteiger partial charge in [0.2, 0.25) is 0 Å². The summed E-state index contributed by atoms with van der Waals surface area (Å²) in [5, 5.41) is 31.0. The first kappa shape index (κ1) is 13.4. The molecule has 0 unspecified atom stereocenters. The van der Waals surface area contributed by atoms with Gasteiger partial charge in [-0.05, 0) is 25.0 Å². The predicted octanol–water partition coefficient (Wildman–Crippen LogP) is 3.25. The van der Waals surface area contributed by atoms with E-state index in [1.54, 1.807) is 6.07 Å². The van der Waals surface area contributed by atoms with Crippen molar-refractivity contribution < 1.29 is 15.4 Å². The van der Waals surface area contributed by atoms with Crippen LogP contribution in [-0.2, 0) is 0 Å².